The van der Waals surface area contributed by atoms with Crippen molar-refractivity contribution in [2.24, 2.45) is 5.92 Å². The third-order valence-electron chi connectivity index (χ3n) is 4.16. The van der Waals surface area contributed by atoms with Crippen LogP contribution < -0.4 is 5.32 Å². The number of piperidine rings is 1. The molecule has 1 aliphatic rings. The number of nitrogens with zero attached hydrogens (tertiary/aromatic N) is 1. The van der Waals surface area contributed by atoms with Gasteiger partial charge in [-0.05, 0) is 69.1 Å². The lowest BCUT2D eigenvalue weighted by Gasteiger charge is -2.31. The van der Waals surface area contributed by atoms with Gasteiger partial charge < -0.3 is 15.3 Å². The molecular formula is C16H24N2O2. The predicted molar refractivity (Wildman–Crippen MR) is 80.0 cm³/mol. The van der Waals surface area contributed by atoms with Gasteiger partial charge in [-0.15, -0.1) is 0 Å². The van der Waals surface area contributed by atoms with Gasteiger partial charge in [0.25, 0.3) is 5.91 Å². The lowest BCUT2D eigenvalue weighted by molar-refractivity contribution is 0.0936. The monoisotopic (exact) mass is 276 g/mol. The van der Waals surface area contributed by atoms with Crippen LogP contribution in [-0.2, 0) is 0 Å². The zero-order chi connectivity index (χ0) is 14.5. The van der Waals surface area contributed by atoms with Crippen molar-refractivity contribution < 1.29 is 9.90 Å². The van der Waals surface area contributed by atoms with E-state index in [0.717, 1.165) is 44.6 Å². The number of carbonyl (C=O) groups is 1. The first kappa shape index (κ1) is 14.9. The fourth-order valence-electron chi connectivity index (χ4n) is 2.74. The molecule has 1 heterocycles. The Morgan fingerprint density at radius 1 is 1.40 bits per heavy atom. The number of nitrogens with one attached hydrogen (secondary N) is 1. The average molecular weight is 276 g/mol. The molecule has 1 aliphatic heterocycles. The Labute approximate surface area is 120 Å². The van der Waals surface area contributed by atoms with Gasteiger partial charge in [-0.1, -0.05) is 6.92 Å². The van der Waals surface area contributed by atoms with Gasteiger partial charge >= 0.3 is 0 Å². The van der Waals surface area contributed by atoms with Crippen LogP contribution in [0.1, 0.15) is 35.7 Å². The number of hydrogen-bond acceptors (Lipinski definition) is 3. The number of hydrogen-bond donors (Lipinski definition) is 2. The van der Waals surface area contributed by atoms with Crippen molar-refractivity contribution in [1.29, 1.82) is 0 Å². The number of aromatic hydroxyl groups is 1. The first-order valence-electron chi connectivity index (χ1n) is 7.40. The van der Waals surface area contributed by atoms with Crippen LogP contribution in [0.15, 0.2) is 18.2 Å². The van der Waals surface area contributed by atoms with Crippen LogP contribution in [0.5, 0.6) is 5.75 Å². The fraction of sp³-hybridized carbons (Fsp3) is 0.562. The number of benzene rings is 1. The van der Waals surface area contributed by atoms with Crippen molar-refractivity contribution in [1.82, 2.24) is 10.2 Å². The number of phenols is 1. The summed E-state index contributed by atoms with van der Waals surface area (Å²) in [7, 11) is 0. The largest absolute Gasteiger partial charge is 0.508 e. The molecule has 4 nitrogen and oxygen atoms in total. The first-order valence-corrected chi connectivity index (χ1v) is 7.40. The first-order chi connectivity index (χ1) is 9.60. The summed E-state index contributed by atoms with van der Waals surface area (Å²) in [6.07, 6.45) is 2.31. The molecule has 2 rings (SSSR count). The summed E-state index contributed by atoms with van der Waals surface area (Å²) in [5.41, 5.74) is 1.46. The molecule has 110 valence electrons. The lowest BCUT2D eigenvalue weighted by atomic mass is 9.96. The number of rotatable bonds is 4. The Balaban J connectivity index is 1.83. The van der Waals surface area contributed by atoms with Gasteiger partial charge in [-0.25, -0.2) is 0 Å². The van der Waals surface area contributed by atoms with Crippen LogP contribution in [0.3, 0.4) is 0 Å². The molecule has 0 spiro atoms. The number of amides is 1. The third kappa shape index (κ3) is 3.73. The standard InChI is InChI=1S/C16H24N2O2/c1-3-18-8-6-13(7-9-18)11-17-16(20)15-5-4-14(19)10-12(15)2/h4-5,10,13,19H,3,6-9,11H2,1-2H3,(H,17,20). The molecule has 0 bridgehead atoms. The van der Waals surface area contributed by atoms with Crippen molar-refractivity contribution in [3.63, 3.8) is 0 Å². The van der Waals surface area contributed by atoms with Gasteiger partial charge in [0, 0.05) is 12.1 Å². The van der Waals surface area contributed by atoms with E-state index in [0.29, 0.717) is 11.5 Å². The van der Waals surface area contributed by atoms with Crippen LogP contribution >= 0.6 is 0 Å². The smallest absolute Gasteiger partial charge is 0.251 e. The molecule has 0 aliphatic carbocycles. The van der Waals surface area contributed by atoms with Crippen LogP contribution in [-0.4, -0.2) is 42.1 Å². The molecule has 1 aromatic carbocycles. The zero-order valence-corrected chi connectivity index (χ0v) is 12.4. The van der Waals surface area contributed by atoms with Gasteiger partial charge in [0.15, 0.2) is 0 Å². The molecule has 0 saturated carbocycles. The third-order valence-corrected chi connectivity index (χ3v) is 4.16. The number of likely N-dealkylation sites (tertiary alicyclic amines) is 1. The minimum Gasteiger partial charge on any atom is -0.508 e. The highest BCUT2D eigenvalue weighted by atomic mass is 16.3. The summed E-state index contributed by atoms with van der Waals surface area (Å²) in [6, 6.07) is 4.86. The van der Waals surface area contributed by atoms with E-state index in [9.17, 15) is 9.90 Å². The Morgan fingerprint density at radius 3 is 2.70 bits per heavy atom. The van der Waals surface area contributed by atoms with Crippen LogP contribution in [0.2, 0.25) is 0 Å². The molecule has 0 unspecified atom stereocenters. The van der Waals surface area contributed by atoms with Crippen molar-refractivity contribution in [2.45, 2.75) is 26.7 Å². The van der Waals surface area contributed by atoms with Crippen molar-refractivity contribution in [3.05, 3.63) is 29.3 Å². The van der Waals surface area contributed by atoms with Gasteiger partial charge in [-0.2, -0.15) is 0 Å². The summed E-state index contributed by atoms with van der Waals surface area (Å²) in [5, 5.41) is 12.4. The van der Waals surface area contributed by atoms with Crippen molar-refractivity contribution >= 4 is 5.91 Å². The molecule has 1 amide bonds. The van der Waals surface area contributed by atoms with E-state index in [1.165, 1.54) is 0 Å². The molecule has 20 heavy (non-hydrogen) atoms. The zero-order valence-electron chi connectivity index (χ0n) is 12.4. The molecule has 0 radical (unpaired) electrons. The second kappa shape index (κ2) is 6.75. The molecular weight excluding hydrogens is 252 g/mol. The summed E-state index contributed by atoms with van der Waals surface area (Å²) in [6.45, 7) is 8.16. The molecule has 4 heteroatoms. The normalized spacial score (nSPS) is 17.1. The SMILES string of the molecule is CCN1CCC(CNC(=O)c2ccc(O)cc2C)CC1. The molecule has 0 atom stereocenters. The highest BCUT2D eigenvalue weighted by Gasteiger charge is 2.19. The summed E-state index contributed by atoms with van der Waals surface area (Å²) in [4.78, 5) is 14.6. The number of phenolic OH excluding ortho intramolecular Hbond substituents is 1. The average Bonchev–Trinajstić information content (AvgIpc) is 2.45. The lowest BCUT2D eigenvalue weighted by Crippen LogP contribution is -2.38. The second-order valence-electron chi connectivity index (χ2n) is 5.59. The maximum absolute atomic E-state index is 12.1. The molecule has 1 aromatic rings. The summed E-state index contributed by atoms with van der Waals surface area (Å²) < 4.78 is 0. The quantitative estimate of drug-likeness (QED) is 0.886. The fourth-order valence-corrected chi connectivity index (χ4v) is 2.74. The van der Waals surface area contributed by atoms with E-state index in [1.807, 2.05) is 6.92 Å². The summed E-state index contributed by atoms with van der Waals surface area (Å²) in [5.74, 6) is 0.741. The highest BCUT2D eigenvalue weighted by Crippen LogP contribution is 2.18. The van der Waals surface area contributed by atoms with Gasteiger partial charge in [0.05, 0.1) is 0 Å². The minimum atomic E-state index is -0.0413. The van der Waals surface area contributed by atoms with E-state index in [2.05, 4.69) is 17.1 Å². The van der Waals surface area contributed by atoms with Gasteiger partial charge in [-0.3, -0.25) is 4.79 Å². The van der Waals surface area contributed by atoms with Crippen LogP contribution in [0, 0.1) is 12.8 Å². The van der Waals surface area contributed by atoms with E-state index in [-0.39, 0.29) is 11.7 Å². The van der Waals surface area contributed by atoms with E-state index in [4.69, 9.17) is 0 Å². The number of aryl methyl sites for hydroxylation is 1. The molecule has 2 N–H and O–H groups in total. The van der Waals surface area contributed by atoms with Gasteiger partial charge in [0.2, 0.25) is 0 Å². The second-order valence-corrected chi connectivity index (χ2v) is 5.59. The van der Waals surface area contributed by atoms with E-state index >= 15 is 0 Å². The predicted octanol–water partition coefficient (Wildman–Crippen LogP) is 2.16. The molecule has 1 saturated heterocycles. The Kier molecular flexibility index (Phi) is 5.01. The van der Waals surface area contributed by atoms with E-state index in [1.54, 1.807) is 18.2 Å². The molecule has 0 aromatic heterocycles. The maximum atomic E-state index is 12.1. The Bertz CT molecular complexity index is 466. The van der Waals surface area contributed by atoms with Crippen LogP contribution in [0.25, 0.3) is 0 Å². The van der Waals surface area contributed by atoms with Crippen molar-refractivity contribution in [2.75, 3.05) is 26.2 Å². The van der Waals surface area contributed by atoms with Gasteiger partial charge in [0.1, 0.15) is 5.75 Å². The molecule has 1 fully saturated rings. The Morgan fingerprint density at radius 2 is 2.10 bits per heavy atom. The number of carbonyl (C=O) groups excluding carboxylic acids is 1. The van der Waals surface area contributed by atoms with Crippen molar-refractivity contribution in [3.8, 4) is 5.75 Å². The van der Waals surface area contributed by atoms with Crippen LogP contribution in [0.4, 0.5) is 0 Å². The Hall–Kier alpha value is -1.55. The van der Waals surface area contributed by atoms with E-state index < -0.39 is 0 Å². The maximum Gasteiger partial charge on any atom is 0.251 e. The highest BCUT2D eigenvalue weighted by molar-refractivity contribution is 5.95. The minimum absolute atomic E-state index is 0.0413. The topological polar surface area (TPSA) is 52.6 Å². The summed E-state index contributed by atoms with van der Waals surface area (Å²) >= 11 is 0.